The summed E-state index contributed by atoms with van der Waals surface area (Å²) in [5.41, 5.74) is 1.75. The lowest BCUT2D eigenvalue weighted by Crippen LogP contribution is -2.31. The van der Waals surface area contributed by atoms with Crippen molar-refractivity contribution >= 4 is 12.6 Å². The van der Waals surface area contributed by atoms with E-state index >= 15 is 0 Å². The lowest BCUT2D eigenvalue weighted by atomic mass is 9.79. The van der Waals surface area contributed by atoms with Crippen molar-refractivity contribution in [2.75, 3.05) is 13.1 Å². The topological polar surface area (TPSA) is 43.7 Å². The Morgan fingerprint density at radius 2 is 1.76 bits per heavy atom. The molecule has 17 heavy (non-hydrogen) atoms. The minimum Gasteiger partial charge on any atom is -0.423 e. The molecule has 1 aliphatic heterocycles. The molecule has 1 aromatic rings. The molecule has 0 bridgehead atoms. The highest BCUT2D eigenvalue weighted by Crippen LogP contribution is 2.12. The van der Waals surface area contributed by atoms with Crippen molar-refractivity contribution in [2.45, 2.75) is 32.2 Å². The van der Waals surface area contributed by atoms with E-state index in [0.717, 1.165) is 25.2 Å². The highest BCUT2D eigenvalue weighted by Gasteiger charge is 2.13. The van der Waals surface area contributed by atoms with Gasteiger partial charge >= 0.3 is 7.12 Å². The summed E-state index contributed by atoms with van der Waals surface area (Å²) >= 11 is 0. The van der Waals surface area contributed by atoms with E-state index in [4.69, 9.17) is 10.0 Å². The van der Waals surface area contributed by atoms with Crippen LogP contribution in [-0.2, 0) is 6.54 Å². The summed E-state index contributed by atoms with van der Waals surface area (Å²) < 4.78 is 0. The summed E-state index contributed by atoms with van der Waals surface area (Å²) in [6.45, 7) is 3.23. The van der Waals surface area contributed by atoms with Crippen LogP contribution in [0.25, 0.3) is 0 Å². The average Bonchev–Trinajstić information content (AvgIpc) is 2.58. The molecule has 0 atom stereocenters. The summed E-state index contributed by atoms with van der Waals surface area (Å²) in [5.74, 6) is 0. The summed E-state index contributed by atoms with van der Waals surface area (Å²) in [5, 5.41) is 18.3. The maximum Gasteiger partial charge on any atom is 0.488 e. The number of rotatable bonds is 3. The van der Waals surface area contributed by atoms with E-state index < -0.39 is 7.12 Å². The summed E-state index contributed by atoms with van der Waals surface area (Å²) in [6.07, 6.45) is 5.24. The molecule has 0 radical (unpaired) electrons. The average molecular weight is 233 g/mol. The van der Waals surface area contributed by atoms with Crippen LogP contribution < -0.4 is 5.46 Å². The molecule has 2 N–H and O–H groups in total. The Morgan fingerprint density at radius 3 is 2.41 bits per heavy atom. The molecule has 0 aliphatic carbocycles. The van der Waals surface area contributed by atoms with Crippen LogP contribution >= 0.6 is 0 Å². The smallest absolute Gasteiger partial charge is 0.423 e. The zero-order valence-electron chi connectivity index (χ0n) is 10.2. The molecule has 1 saturated heterocycles. The van der Waals surface area contributed by atoms with E-state index in [2.05, 4.69) is 11.0 Å². The van der Waals surface area contributed by atoms with Crippen molar-refractivity contribution < 1.29 is 10.0 Å². The summed E-state index contributed by atoms with van der Waals surface area (Å²) in [4.78, 5) is 2.45. The van der Waals surface area contributed by atoms with Crippen molar-refractivity contribution in [3.05, 3.63) is 29.8 Å². The minimum atomic E-state index is -1.36. The van der Waals surface area contributed by atoms with Gasteiger partial charge in [0.25, 0.3) is 0 Å². The summed E-state index contributed by atoms with van der Waals surface area (Å²) in [6, 6.07) is 7.57. The molecule has 1 heterocycles. The van der Waals surface area contributed by atoms with Gasteiger partial charge < -0.3 is 10.0 Å². The second-order valence-electron chi connectivity index (χ2n) is 4.81. The molecular weight excluding hydrogens is 213 g/mol. The van der Waals surface area contributed by atoms with E-state index in [1.165, 1.54) is 25.7 Å². The maximum atomic E-state index is 9.14. The molecule has 4 heteroatoms. The van der Waals surface area contributed by atoms with Crippen LogP contribution in [-0.4, -0.2) is 35.2 Å². The predicted molar refractivity (Wildman–Crippen MR) is 70.0 cm³/mol. The third-order valence-corrected chi connectivity index (χ3v) is 3.35. The molecule has 0 spiro atoms. The first kappa shape index (κ1) is 12.6. The Labute approximate surface area is 103 Å². The molecule has 1 aliphatic rings. The zero-order valence-corrected chi connectivity index (χ0v) is 10.2. The fraction of sp³-hybridized carbons (Fsp3) is 0.538. The van der Waals surface area contributed by atoms with E-state index in [1.54, 1.807) is 6.07 Å². The number of benzene rings is 1. The van der Waals surface area contributed by atoms with Crippen molar-refractivity contribution in [1.29, 1.82) is 0 Å². The number of hydrogen-bond acceptors (Lipinski definition) is 3. The van der Waals surface area contributed by atoms with Crippen molar-refractivity contribution in [2.24, 2.45) is 0 Å². The van der Waals surface area contributed by atoms with Crippen LogP contribution in [0.2, 0.25) is 0 Å². The number of hydrogen-bond donors (Lipinski definition) is 2. The molecule has 3 nitrogen and oxygen atoms in total. The van der Waals surface area contributed by atoms with E-state index in [-0.39, 0.29) is 0 Å². The Hall–Kier alpha value is -0.835. The quantitative estimate of drug-likeness (QED) is 0.757. The maximum absolute atomic E-state index is 9.14. The van der Waals surface area contributed by atoms with Gasteiger partial charge in [0.1, 0.15) is 0 Å². The molecule has 0 aromatic heterocycles. The number of nitrogens with zero attached hydrogens (tertiary/aromatic N) is 1. The van der Waals surface area contributed by atoms with Gasteiger partial charge in [0, 0.05) is 6.54 Å². The third kappa shape index (κ3) is 3.84. The Kier molecular flexibility index (Phi) is 4.60. The Balaban J connectivity index is 1.99. The van der Waals surface area contributed by atoms with Crippen LogP contribution in [0, 0.1) is 0 Å². The van der Waals surface area contributed by atoms with Crippen LogP contribution in [0.1, 0.15) is 31.2 Å². The van der Waals surface area contributed by atoms with Gasteiger partial charge in [-0.15, -0.1) is 0 Å². The second-order valence-corrected chi connectivity index (χ2v) is 4.81. The molecule has 0 unspecified atom stereocenters. The van der Waals surface area contributed by atoms with Gasteiger partial charge in [0.2, 0.25) is 0 Å². The second kappa shape index (κ2) is 6.19. The first-order valence-corrected chi connectivity index (χ1v) is 6.43. The lowest BCUT2D eigenvalue weighted by molar-refractivity contribution is 0.277. The highest BCUT2D eigenvalue weighted by molar-refractivity contribution is 6.58. The Bertz CT molecular complexity index is 349. The van der Waals surface area contributed by atoms with Crippen LogP contribution in [0.4, 0.5) is 0 Å². The first-order valence-electron chi connectivity index (χ1n) is 6.43. The van der Waals surface area contributed by atoms with Gasteiger partial charge in [-0.2, -0.15) is 0 Å². The van der Waals surface area contributed by atoms with Gasteiger partial charge in [-0.25, -0.2) is 0 Å². The monoisotopic (exact) mass is 233 g/mol. The fourth-order valence-electron chi connectivity index (χ4n) is 2.40. The van der Waals surface area contributed by atoms with Crippen molar-refractivity contribution in [3.8, 4) is 0 Å². The van der Waals surface area contributed by atoms with Gasteiger partial charge in [0.05, 0.1) is 0 Å². The fourth-order valence-corrected chi connectivity index (χ4v) is 2.40. The highest BCUT2D eigenvalue weighted by atomic mass is 16.4. The predicted octanol–water partition coefficient (Wildman–Crippen LogP) is 0.742. The van der Waals surface area contributed by atoms with E-state index in [1.807, 2.05) is 12.1 Å². The molecule has 2 rings (SSSR count). The zero-order chi connectivity index (χ0) is 12.1. The molecule has 92 valence electrons. The number of likely N-dealkylation sites (tertiary alicyclic amines) is 1. The van der Waals surface area contributed by atoms with Gasteiger partial charge in [-0.05, 0) is 37.0 Å². The van der Waals surface area contributed by atoms with Crippen LogP contribution in [0.3, 0.4) is 0 Å². The lowest BCUT2D eigenvalue weighted by Gasteiger charge is -2.20. The Morgan fingerprint density at radius 1 is 1.06 bits per heavy atom. The van der Waals surface area contributed by atoms with Crippen molar-refractivity contribution in [1.82, 2.24) is 4.90 Å². The largest absolute Gasteiger partial charge is 0.488 e. The first-order chi connectivity index (χ1) is 8.25. The summed E-state index contributed by atoms with van der Waals surface area (Å²) in [7, 11) is -1.36. The van der Waals surface area contributed by atoms with E-state index in [0.29, 0.717) is 5.46 Å². The van der Waals surface area contributed by atoms with E-state index in [9.17, 15) is 0 Å². The van der Waals surface area contributed by atoms with Crippen LogP contribution in [0.15, 0.2) is 24.3 Å². The molecule has 1 fully saturated rings. The molecule has 0 saturated carbocycles. The SMILES string of the molecule is OB(O)c1cccc(CN2CCCCCC2)c1. The van der Waals surface area contributed by atoms with Gasteiger partial charge in [-0.3, -0.25) is 4.90 Å². The standard InChI is InChI=1S/C13H20BNO2/c16-14(17)13-7-5-6-12(10-13)11-15-8-3-1-2-4-9-15/h5-7,10,16-17H,1-4,8-9,11H2. The molecular formula is C13H20BNO2. The van der Waals surface area contributed by atoms with Crippen LogP contribution in [0.5, 0.6) is 0 Å². The molecule has 1 aromatic carbocycles. The van der Waals surface area contributed by atoms with Crippen molar-refractivity contribution in [3.63, 3.8) is 0 Å². The van der Waals surface area contributed by atoms with Gasteiger partial charge in [-0.1, -0.05) is 37.1 Å². The normalized spacial score (nSPS) is 17.8. The third-order valence-electron chi connectivity index (χ3n) is 3.35. The van der Waals surface area contributed by atoms with Gasteiger partial charge in [0.15, 0.2) is 0 Å². The minimum absolute atomic E-state index is 0.581. The molecule has 0 amide bonds.